The molecule has 0 spiro atoms. The molecule has 130 valence electrons. The summed E-state index contributed by atoms with van der Waals surface area (Å²) in [5, 5.41) is 13.9. The second-order valence-corrected chi connectivity index (χ2v) is 7.27. The molecule has 1 saturated carbocycles. The molecule has 0 heterocycles. The van der Waals surface area contributed by atoms with Crippen LogP contribution < -0.4 is 5.32 Å². The van der Waals surface area contributed by atoms with Crippen LogP contribution in [0.1, 0.15) is 42.5 Å². The molecule has 1 N–H and O–H groups in total. The van der Waals surface area contributed by atoms with Crippen LogP contribution >= 0.6 is 11.8 Å². The molecular weight excluding hydrogens is 336 g/mol. The van der Waals surface area contributed by atoms with Crippen LogP contribution in [0.5, 0.6) is 0 Å². The number of amides is 1. The molecule has 0 aromatic heterocycles. The van der Waals surface area contributed by atoms with Gasteiger partial charge in [-0.1, -0.05) is 43.2 Å². The van der Waals surface area contributed by atoms with E-state index in [0.29, 0.717) is 5.56 Å². The van der Waals surface area contributed by atoms with Gasteiger partial charge in [-0.15, -0.1) is 0 Å². The zero-order valence-electron chi connectivity index (χ0n) is 13.8. The molecule has 0 bridgehead atoms. The minimum absolute atomic E-state index is 0.0445. The Kier molecular flexibility index (Phi) is 5.71. The van der Waals surface area contributed by atoms with Crippen molar-refractivity contribution >= 4 is 23.4 Å². The lowest BCUT2D eigenvalue weighted by Crippen LogP contribution is -2.36. The lowest BCUT2D eigenvalue weighted by Gasteiger charge is -2.23. The van der Waals surface area contributed by atoms with Gasteiger partial charge in [0.25, 0.3) is 11.6 Å². The summed E-state index contributed by atoms with van der Waals surface area (Å²) in [5.74, 6) is -0.0445. The van der Waals surface area contributed by atoms with Crippen molar-refractivity contribution in [2.75, 3.05) is 0 Å². The van der Waals surface area contributed by atoms with E-state index in [2.05, 4.69) is 5.32 Å². The molecule has 0 aliphatic heterocycles. The smallest absolute Gasteiger partial charge is 0.269 e. The first-order valence-corrected chi connectivity index (χ1v) is 9.27. The van der Waals surface area contributed by atoms with Gasteiger partial charge in [0.1, 0.15) is 0 Å². The molecule has 1 fully saturated rings. The maximum atomic E-state index is 12.7. The summed E-state index contributed by atoms with van der Waals surface area (Å²) in [5.41, 5.74) is 0.712. The molecule has 3 rings (SSSR count). The van der Waals surface area contributed by atoms with E-state index in [9.17, 15) is 14.9 Å². The van der Waals surface area contributed by atoms with Crippen molar-refractivity contribution in [3.05, 3.63) is 64.2 Å². The summed E-state index contributed by atoms with van der Waals surface area (Å²) in [6, 6.07) is 14.1. The number of rotatable bonds is 5. The third-order valence-electron chi connectivity index (χ3n) is 4.35. The number of nitrogens with one attached hydrogen (secondary N) is 1. The van der Waals surface area contributed by atoms with Crippen LogP contribution in [0.4, 0.5) is 5.69 Å². The number of carbonyl (C=O) groups excluding carboxylic acids is 1. The van der Waals surface area contributed by atoms with Crippen molar-refractivity contribution in [3.63, 3.8) is 0 Å². The number of carbonyl (C=O) groups is 1. The Bertz CT molecular complexity index is 756. The van der Waals surface area contributed by atoms with Crippen LogP contribution in [-0.4, -0.2) is 16.9 Å². The van der Waals surface area contributed by atoms with Crippen LogP contribution in [0.2, 0.25) is 0 Å². The van der Waals surface area contributed by atoms with E-state index in [4.69, 9.17) is 0 Å². The predicted octanol–water partition coefficient (Wildman–Crippen LogP) is 4.81. The summed E-state index contributed by atoms with van der Waals surface area (Å²) in [4.78, 5) is 24.7. The summed E-state index contributed by atoms with van der Waals surface area (Å²) in [7, 11) is 0. The van der Waals surface area contributed by atoms with Crippen molar-refractivity contribution < 1.29 is 9.72 Å². The molecule has 25 heavy (non-hydrogen) atoms. The van der Waals surface area contributed by atoms with Gasteiger partial charge in [0, 0.05) is 28.0 Å². The second kappa shape index (κ2) is 8.16. The fourth-order valence-corrected chi connectivity index (χ4v) is 3.96. The van der Waals surface area contributed by atoms with Crippen LogP contribution in [0, 0.1) is 10.1 Å². The molecular formula is C19H20N2O3S. The second-order valence-electron chi connectivity index (χ2n) is 6.16. The fraction of sp³-hybridized carbons (Fsp3) is 0.316. The molecule has 0 radical (unpaired) electrons. The minimum Gasteiger partial charge on any atom is -0.349 e. The Morgan fingerprint density at radius 3 is 2.40 bits per heavy atom. The third kappa shape index (κ3) is 4.60. The quantitative estimate of drug-likeness (QED) is 0.616. The van der Waals surface area contributed by atoms with Crippen molar-refractivity contribution in [2.45, 2.75) is 47.9 Å². The number of nitro benzene ring substituents is 1. The van der Waals surface area contributed by atoms with E-state index in [1.54, 1.807) is 12.1 Å². The van der Waals surface area contributed by atoms with Gasteiger partial charge in [0.15, 0.2) is 0 Å². The van der Waals surface area contributed by atoms with Gasteiger partial charge < -0.3 is 5.32 Å². The number of nitro groups is 1. The first-order valence-electron chi connectivity index (χ1n) is 8.46. The number of non-ortho nitro benzene ring substituents is 1. The topological polar surface area (TPSA) is 72.2 Å². The number of hydrogen-bond donors (Lipinski definition) is 1. The monoisotopic (exact) mass is 356 g/mol. The minimum atomic E-state index is -0.417. The largest absolute Gasteiger partial charge is 0.349 e. The van der Waals surface area contributed by atoms with Gasteiger partial charge >= 0.3 is 0 Å². The van der Waals surface area contributed by atoms with Gasteiger partial charge in [0.2, 0.25) is 0 Å². The number of nitrogens with zero attached hydrogens (tertiary/aromatic N) is 1. The van der Waals surface area contributed by atoms with Gasteiger partial charge in [-0.3, -0.25) is 14.9 Å². The van der Waals surface area contributed by atoms with E-state index in [0.717, 1.165) is 22.6 Å². The van der Waals surface area contributed by atoms with E-state index in [1.807, 2.05) is 24.3 Å². The van der Waals surface area contributed by atoms with Crippen molar-refractivity contribution in [3.8, 4) is 0 Å². The van der Waals surface area contributed by atoms with Crippen molar-refractivity contribution in [1.82, 2.24) is 5.32 Å². The van der Waals surface area contributed by atoms with Gasteiger partial charge in [-0.25, -0.2) is 0 Å². The molecule has 0 saturated heterocycles. The highest BCUT2D eigenvalue weighted by molar-refractivity contribution is 7.99. The van der Waals surface area contributed by atoms with Crippen LogP contribution in [0.3, 0.4) is 0 Å². The normalized spacial score (nSPS) is 14.9. The molecule has 6 heteroatoms. The molecule has 1 amide bonds. The van der Waals surface area contributed by atoms with Gasteiger partial charge in [-0.2, -0.15) is 0 Å². The molecule has 2 aromatic rings. The predicted molar refractivity (Wildman–Crippen MR) is 98.0 cm³/mol. The standard InChI is InChI=1S/C19H20N2O3S/c22-19(20-14-6-2-1-3-7-14)17-8-4-5-9-18(17)25-16-12-10-15(11-13-16)21(23)24/h4-5,8-14H,1-3,6-7H2,(H,20,22). The Balaban J connectivity index is 1.73. The zero-order valence-corrected chi connectivity index (χ0v) is 14.6. The Hall–Kier alpha value is -2.34. The molecule has 1 aliphatic rings. The Morgan fingerprint density at radius 2 is 1.72 bits per heavy atom. The molecule has 1 aliphatic carbocycles. The van der Waals surface area contributed by atoms with E-state index >= 15 is 0 Å². The van der Waals surface area contributed by atoms with E-state index in [-0.39, 0.29) is 17.6 Å². The molecule has 5 nitrogen and oxygen atoms in total. The van der Waals surface area contributed by atoms with Crippen LogP contribution in [0.25, 0.3) is 0 Å². The molecule has 2 aromatic carbocycles. The number of benzene rings is 2. The van der Waals surface area contributed by atoms with Crippen molar-refractivity contribution in [2.24, 2.45) is 0 Å². The maximum Gasteiger partial charge on any atom is 0.269 e. The summed E-state index contributed by atoms with van der Waals surface area (Å²) in [6.07, 6.45) is 5.68. The maximum absolute atomic E-state index is 12.7. The lowest BCUT2D eigenvalue weighted by atomic mass is 9.95. The highest BCUT2D eigenvalue weighted by atomic mass is 32.2. The fourth-order valence-electron chi connectivity index (χ4n) is 3.02. The molecule has 0 unspecified atom stereocenters. The number of hydrogen-bond acceptors (Lipinski definition) is 4. The van der Waals surface area contributed by atoms with Gasteiger partial charge in [0.05, 0.1) is 10.5 Å². The zero-order chi connectivity index (χ0) is 17.6. The van der Waals surface area contributed by atoms with Crippen molar-refractivity contribution in [1.29, 1.82) is 0 Å². The Morgan fingerprint density at radius 1 is 1.04 bits per heavy atom. The van der Waals surface area contributed by atoms with E-state index < -0.39 is 4.92 Å². The third-order valence-corrected chi connectivity index (χ3v) is 5.43. The highest BCUT2D eigenvalue weighted by Gasteiger charge is 2.18. The summed E-state index contributed by atoms with van der Waals surface area (Å²) >= 11 is 1.44. The first-order chi connectivity index (χ1) is 12.1. The van der Waals surface area contributed by atoms with Crippen LogP contribution in [-0.2, 0) is 0 Å². The average Bonchev–Trinajstić information content (AvgIpc) is 2.63. The highest BCUT2D eigenvalue weighted by Crippen LogP contribution is 2.31. The van der Waals surface area contributed by atoms with E-state index in [1.165, 1.54) is 43.2 Å². The van der Waals surface area contributed by atoms with Gasteiger partial charge in [-0.05, 0) is 37.1 Å². The summed E-state index contributed by atoms with van der Waals surface area (Å²) < 4.78 is 0. The first kappa shape index (κ1) is 17.5. The average molecular weight is 356 g/mol. The summed E-state index contributed by atoms with van der Waals surface area (Å²) in [6.45, 7) is 0. The Labute approximate surface area is 151 Å². The lowest BCUT2D eigenvalue weighted by molar-refractivity contribution is -0.384. The SMILES string of the molecule is O=C(NC1CCCCC1)c1ccccc1Sc1ccc([N+](=O)[O-])cc1. The molecule has 0 atom stereocenters. The van der Waals surface area contributed by atoms with Crippen LogP contribution in [0.15, 0.2) is 58.3 Å².